The smallest absolute Gasteiger partial charge is 0.240 e. The molecule has 0 fully saturated rings. The zero-order chi connectivity index (χ0) is 13.1. The molecular formula is C11H18BrClN2O2S. The van der Waals surface area contributed by atoms with Crippen LogP contribution in [0.15, 0.2) is 27.6 Å². The van der Waals surface area contributed by atoms with E-state index in [9.17, 15) is 8.42 Å². The average Bonchev–Trinajstić information content (AvgIpc) is 2.21. The van der Waals surface area contributed by atoms with Crippen molar-refractivity contribution in [3.05, 3.63) is 28.2 Å². The standard InChI is InChI=1S/C11H17BrN2O2S.ClH/c1-8-3-4-10(7-11(8)12)17(15,16)14-6-5-9(2)13;/h3-4,7,9,14H,5-6,13H2,1-2H3;1H. The maximum atomic E-state index is 11.9. The van der Waals surface area contributed by atoms with Crippen LogP contribution in [0, 0.1) is 6.92 Å². The minimum Gasteiger partial charge on any atom is -0.328 e. The summed E-state index contributed by atoms with van der Waals surface area (Å²) in [4.78, 5) is 0.264. The molecule has 1 aromatic carbocycles. The molecule has 0 saturated carbocycles. The molecule has 0 aliphatic carbocycles. The number of halogens is 2. The van der Waals surface area contributed by atoms with E-state index >= 15 is 0 Å². The van der Waals surface area contributed by atoms with Crippen LogP contribution in [0.25, 0.3) is 0 Å². The molecular weight excluding hydrogens is 340 g/mol. The van der Waals surface area contributed by atoms with Gasteiger partial charge in [-0.15, -0.1) is 12.4 Å². The van der Waals surface area contributed by atoms with Crippen molar-refractivity contribution in [2.24, 2.45) is 5.73 Å². The van der Waals surface area contributed by atoms with Gasteiger partial charge in [0.05, 0.1) is 4.90 Å². The summed E-state index contributed by atoms with van der Waals surface area (Å²) < 4.78 is 27.1. The Morgan fingerprint density at radius 1 is 1.44 bits per heavy atom. The maximum Gasteiger partial charge on any atom is 0.240 e. The topological polar surface area (TPSA) is 72.2 Å². The number of aryl methyl sites for hydroxylation is 1. The lowest BCUT2D eigenvalue weighted by Crippen LogP contribution is -2.29. The second-order valence-corrected chi connectivity index (χ2v) is 6.70. The molecule has 0 saturated heterocycles. The molecule has 0 bridgehead atoms. The summed E-state index contributed by atoms with van der Waals surface area (Å²) in [5, 5.41) is 0. The molecule has 0 amide bonds. The van der Waals surface area contributed by atoms with Gasteiger partial charge in [0.15, 0.2) is 0 Å². The van der Waals surface area contributed by atoms with E-state index in [0.717, 1.165) is 10.0 Å². The summed E-state index contributed by atoms with van der Waals surface area (Å²) in [7, 11) is -3.43. The van der Waals surface area contributed by atoms with Crippen LogP contribution in [0.5, 0.6) is 0 Å². The largest absolute Gasteiger partial charge is 0.328 e. The number of rotatable bonds is 5. The highest BCUT2D eigenvalue weighted by Crippen LogP contribution is 2.20. The molecule has 0 heterocycles. The van der Waals surface area contributed by atoms with Crippen LogP contribution >= 0.6 is 28.3 Å². The second kappa shape index (κ2) is 7.45. The quantitative estimate of drug-likeness (QED) is 0.848. The SMILES string of the molecule is Cc1ccc(S(=O)(=O)NCCC(C)N)cc1Br.Cl. The van der Waals surface area contributed by atoms with Crippen LogP contribution in [-0.2, 0) is 10.0 Å². The van der Waals surface area contributed by atoms with Crippen molar-refractivity contribution < 1.29 is 8.42 Å². The van der Waals surface area contributed by atoms with Gasteiger partial charge in [0.2, 0.25) is 10.0 Å². The van der Waals surface area contributed by atoms with Crippen molar-refractivity contribution in [2.45, 2.75) is 31.2 Å². The molecule has 0 aliphatic heterocycles. The minimum absolute atomic E-state index is 0. The molecule has 0 aromatic heterocycles. The Hall–Kier alpha value is -0.140. The first-order valence-electron chi connectivity index (χ1n) is 5.34. The number of hydrogen-bond donors (Lipinski definition) is 2. The zero-order valence-electron chi connectivity index (χ0n) is 10.3. The van der Waals surface area contributed by atoms with Gasteiger partial charge in [0.1, 0.15) is 0 Å². The van der Waals surface area contributed by atoms with E-state index < -0.39 is 10.0 Å². The van der Waals surface area contributed by atoms with Crippen molar-refractivity contribution in [2.75, 3.05) is 6.54 Å². The summed E-state index contributed by atoms with van der Waals surface area (Å²) in [6.07, 6.45) is 0.617. The fraction of sp³-hybridized carbons (Fsp3) is 0.455. The molecule has 1 rings (SSSR count). The molecule has 4 nitrogen and oxygen atoms in total. The Morgan fingerprint density at radius 3 is 2.56 bits per heavy atom. The Bertz CT molecular complexity index is 492. The third-order valence-electron chi connectivity index (χ3n) is 2.35. The summed E-state index contributed by atoms with van der Waals surface area (Å²) >= 11 is 3.32. The third-order valence-corrected chi connectivity index (χ3v) is 4.66. The van der Waals surface area contributed by atoms with Gasteiger partial charge in [0, 0.05) is 17.1 Å². The van der Waals surface area contributed by atoms with E-state index in [1.165, 1.54) is 0 Å². The number of sulfonamides is 1. The highest BCUT2D eigenvalue weighted by molar-refractivity contribution is 9.10. The van der Waals surface area contributed by atoms with Crippen LogP contribution in [-0.4, -0.2) is 21.0 Å². The molecule has 104 valence electrons. The fourth-order valence-electron chi connectivity index (χ4n) is 1.25. The second-order valence-electron chi connectivity index (χ2n) is 4.07. The number of benzene rings is 1. The summed E-state index contributed by atoms with van der Waals surface area (Å²) in [5.74, 6) is 0. The molecule has 0 radical (unpaired) electrons. The Kier molecular flexibility index (Phi) is 7.39. The average molecular weight is 358 g/mol. The van der Waals surface area contributed by atoms with Gasteiger partial charge in [0.25, 0.3) is 0 Å². The van der Waals surface area contributed by atoms with Crippen LogP contribution in [0.3, 0.4) is 0 Å². The lowest BCUT2D eigenvalue weighted by Gasteiger charge is -2.09. The van der Waals surface area contributed by atoms with Crippen LogP contribution in [0.2, 0.25) is 0 Å². The van der Waals surface area contributed by atoms with Gasteiger partial charge in [-0.3, -0.25) is 0 Å². The molecule has 1 atom stereocenters. The first-order valence-corrected chi connectivity index (χ1v) is 7.62. The van der Waals surface area contributed by atoms with Crippen molar-refractivity contribution in [1.29, 1.82) is 0 Å². The van der Waals surface area contributed by atoms with Crippen LogP contribution in [0.1, 0.15) is 18.9 Å². The minimum atomic E-state index is -3.43. The van der Waals surface area contributed by atoms with Crippen LogP contribution < -0.4 is 10.5 Å². The first kappa shape index (κ1) is 17.9. The lowest BCUT2D eigenvalue weighted by molar-refractivity contribution is 0.572. The first-order chi connectivity index (χ1) is 7.83. The van der Waals surface area contributed by atoms with Gasteiger partial charge >= 0.3 is 0 Å². The Morgan fingerprint density at radius 2 is 2.06 bits per heavy atom. The van der Waals surface area contributed by atoms with Gasteiger partial charge in [-0.2, -0.15) is 0 Å². The third kappa shape index (κ3) is 5.24. The molecule has 1 aromatic rings. The highest BCUT2D eigenvalue weighted by atomic mass is 79.9. The fourth-order valence-corrected chi connectivity index (χ4v) is 2.85. The van der Waals surface area contributed by atoms with E-state index in [4.69, 9.17) is 5.73 Å². The lowest BCUT2D eigenvalue weighted by atomic mass is 10.2. The predicted molar refractivity (Wildman–Crippen MR) is 79.6 cm³/mol. The molecule has 0 spiro atoms. The molecule has 0 aliphatic rings. The van der Waals surface area contributed by atoms with Gasteiger partial charge < -0.3 is 5.73 Å². The number of nitrogens with one attached hydrogen (secondary N) is 1. The molecule has 3 N–H and O–H groups in total. The number of hydrogen-bond acceptors (Lipinski definition) is 3. The van der Waals surface area contributed by atoms with E-state index in [0.29, 0.717) is 13.0 Å². The summed E-state index contributed by atoms with van der Waals surface area (Å²) in [5.41, 5.74) is 6.56. The van der Waals surface area contributed by atoms with E-state index in [2.05, 4.69) is 20.7 Å². The molecule has 7 heteroatoms. The summed E-state index contributed by atoms with van der Waals surface area (Å²) in [6.45, 7) is 4.10. The zero-order valence-corrected chi connectivity index (χ0v) is 13.5. The van der Waals surface area contributed by atoms with Crippen LogP contribution in [0.4, 0.5) is 0 Å². The van der Waals surface area contributed by atoms with Gasteiger partial charge in [-0.1, -0.05) is 22.0 Å². The monoisotopic (exact) mass is 356 g/mol. The Balaban J connectivity index is 0.00000289. The molecule has 1 unspecified atom stereocenters. The van der Waals surface area contributed by atoms with E-state index in [1.807, 2.05) is 13.8 Å². The van der Waals surface area contributed by atoms with Crippen molar-refractivity contribution in [1.82, 2.24) is 4.72 Å². The normalized spacial score (nSPS) is 12.9. The van der Waals surface area contributed by atoms with Crippen molar-refractivity contribution in [3.8, 4) is 0 Å². The number of nitrogens with two attached hydrogens (primary N) is 1. The van der Waals surface area contributed by atoms with E-state index in [-0.39, 0.29) is 23.3 Å². The maximum absolute atomic E-state index is 11.9. The van der Waals surface area contributed by atoms with E-state index in [1.54, 1.807) is 18.2 Å². The molecule has 18 heavy (non-hydrogen) atoms. The summed E-state index contributed by atoms with van der Waals surface area (Å²) in [6, 6.07) is 4.95. The highest BCUT2D eigenvalue weighted by Gasteiger charge is 2.14. The van der Waals surface area contributed by atoms with Crippen molar-refractivity contribution in [3.63, 3.8) is 0 Å². The van der Waals surface area contributed by atoms with Gasteiger partial charge in [-0.25, -0.2) is 13.1 Å². The van der Waals surface area contributed by atoms with Crippen molar-refractivity contribution >= 4 is 38.4 Å². The predicted octanol–water partition coefficient (Wildman–Crippen LogP) is 2.19. The van der Waals surface area contributed by atoms with Gasteiger partial charge in [-0.05, 0) is 38.0 Å². The Labute approximate surface area is 123 Å².